The van der Waals surface area contributed by atoms with Crippen molar-refractivity contribution >= 4 is 23.3 Å². The second-order valence-corrected chi connectivity index (χ2v) is 15.8. The van der Waals surface area contributed by atoms with Crippen LogP contribution in [0.15, 0.2) is 48.5 Å². The first kappa shape index (κ1) is 34.2. The lowest BCUT2D eigenvalue weighted by Crippen LogP contribution is -2.17. The van der Waals surface area contributed by atoms with Gasteiger partial charge in [-0.15, -0.1) is 0 Å². The summed E-state index contributed by atoms with van der Waals surface area (Å²) in [5, 5.41) is 42.8. The molecule has 3 aromatic carbocycles. The van der Waals surface area contributed by atoms with E-state index in [0.717, 1.165) is 33.4 Å². The van der Waals surface area contributed by atoms with Gasteiger partial charge in [-0.25, -0.2) is 0 Å². The van der Waals surface area contributed by atoms with Crippen LogP contribution in [0.2, 0.25) is 0 Å². The third kappa shape index (κ3) is 7.62. The molecular weight excluding hydrogens is 540 g/mol. The molecule has 0 saturated heterocycles. The number of nitrogens with zero attached hydrogens (tertiary/aromatic N) is 2. The molecule has 0 aromatic heterocycles. The Labute approximate surface area is 265 Å². The number of hydrogen-bond acceptors (Lipinski definition) is 4. The van der Waals surface area contributed by atoms with Crippen LogP contribution in [0.5, 0.6) is 11.5 Å². The fraction of sp³-hybridized carbons (Fsp3) is 0.400. The standard InChI is InChI=1S/C40H48N2O2/c1-37(2,3)31-18-25(19-32(35(31)43)38(4,5)6)16-29(23-41)27-14-13-15-28(22-27)30(24-42)17-26-20-33(39(7,8)9)36(44)34(21-26)40(10,11)12/h13-22,43-44H,1-12H3/b29-16-,30-17+. The van der Waals surface area contributed by atoms with E-state index in [0.29, 0.717) is 33.8 Å². The summed E-state index contributed by atoms with van der Waals surface area (Å²) in [6.07, 6.45) is 3.70. The van der Waals surface area contributed by atoms with Crippen molar-refractivity contribution in [2.24, 2.45) is 0 Å². The highest BCUT2D eigenvalue weighted by Crippen LogP contribution is 2.42. The van der Waals surface area contributed by atoms with Crippen LogP contribution in [-0.4, -0.2) is 10.2 Å². The zero-order chi connectivity index (χ0) is 33.4. The first-order valence-electron chi connectivity index (χ1n) is 15.2. The van der Waals surface area contributed by atoms with Crippen molar-refractivity contribution in [1.29, 1.82) is 10.5 Å². The summed E-state index contributed by atoms with van der Waals surface area (Å²) in [7, 11) is 0. The number of phenolic OH excluding ortho intramolecular Hbond substituents is 2. The maximum absolute atomic E-state index is 11.1. The van der Waals surface area contributed by atoms with Crippen molar-refractivity contribution < 1.29 is 10.2 Å². The lowest BCUT2D eigenvalue weighted by atomic mass is 9.78. The Hall–Kier alpha value is -4.28. The van der Waals surface area contributed by atoms with Gasteiger partial charge in [-0.3, -0.25) is 0 Å². The molecular formula is C40H48N2O2. The van der Waals surface area contributed by atoms with E-state index in [1.165, 1.54) is 0 Å². The summed E-state index contributed by atoms with van der Waals surface area (Å²) in [5.74, 6) is 0.592. The minimum atomic E-state index is -0.291. The number of benzene rings is 3. The van der Waals surface area contributed by atoms with Gasteiger partial charge in [0.1, 0.15) is 11.5 Å². The van der Waals surface area contributed by atoms with Crippen molar-refractivity contribution in [1.82, 2.24) is 0 Å². The number of rotatable bonds is 4. The quantitative estimate of drug-likeness (QED) is 0.234. The van der Waals surface area contributed by atoms with Crippen LogP contribution in [0, 0.1) is 22.7 Å². The molecule has 0 aliphatic heterocycles. The molecule has 0 atom stereocenters. The summed E-state index contributed by atoms with van der Waals surface area (Å²) >= 11 is 0. The summed E-state index contributed by atoms with van der Waals surface area (Å²) in [6, 6.07) is 20.0. The van der Waals surface area contributed by atoms with Gasteiger partial charge < -0.3 is 10.2 Å². The van der Waals surface area contributed by atoms with E-state index in [-0.39, 0.29) is 21.7 Å². The molecule has 0 unspecified atom stereocenters. The Morgan fingerprint density at radius 2 is 0.795 bits per heavy atom. The third-order valence-corrected chi connectivity index (χ3v) is 7.84. The zero-order valence-corrected chi connectivity index (χ0v) is 28.6. The monoisotopic (exact) mass is 588 g/mol. The highest BCUT2D eigenvalue weighted by molar-refractivity contribution is 5.94. The predicted molar refractivity (Wildman–Crippen MR) is 184 cm³/mol. The smallest absolute Gasteiger partial charge is 0.123 e. The number of aromatic hydroxyl groups is 2. The molecule has 3 aromatic rings. The third-order valence-electron chi connectivity index (χ3n) is 7.84. The SMILES string of the molecule is CC(C)(C)c1cc(/C=C(\C#N)c2cccc(/C(C#N)=C\c3cc(C(C)(C)C)c(O)c(C(C)(C)C)c3)c2)cc(C(C)(C)C)c1O. The van der Waals surface area contributed by atoms with E-state index in [4.69, 9.17) is 0 Å². The Morgan fingerprint density at radius 1 is 0.523 bits per heavy atom. The van der Waals surface area contributed by atoms with Gasteiger partial charge >= 0.3 is 0 Å². The number of allylic oxidation sites excluding steroid dienone is 2. The van der Waals surface area contributed by atoms with Gasteiger partial charge in [0.25, 0.3) is 0 Å². The van der Waals surface area contributed by atoms with Crippen LogP contribution in [0.25, 0.3) is 23.3 Å². The van der Waals surface area contributed by atoms with Crippen LogP contribution in [0.1, 0.15) is 128 Å². The molecule has 0 radical (unpaired) electrons. The van der Waals surface area contributed by atoms with Gasteiger partial charge in [0.15, 0.2) is 0 Å². The second kappa shape index (κ2) is 12.0. The van der Waals surface area contributed by atoms with Gasteiger partial charge in [-0.1, -0.05) is 101 Å². The number of hydrogen-bond donors (Lipinski definition) is 2. The molecule has 230 valence electrons. The highest BCUT2D eigenvalue weighted by Gasteiger charge is 2.28. The molecule has 3 rings (SSSR count). The number of phenols is 2. The van der Waals surface area contributed by atoms with Crippen molar-refractivity contribution in [2.45, 2.75) is 105 Å². The second-order valence-electron chi connectivity index (χ2n) is 15.8. The van der Waals surface area contributed by atoms with Gasteiger partial charge in [-0.2, -0.15) is 10.5 Å². The van der Waals surface area contributed by atoms with Gasteiger partial charge in [0.2, 0.25) is 0 Å². The molecule has 4 nitrogen and oxygen atoms in total. The van der Waals surface area contributed by atoms with Crippen LogP contribution < -0.4 is 0 Å². The molecule has 0 spiro atoms. The van der Waals surface area contributed by atoms with E-state index in [1.54, 1.807) is 0 Å². The summed E-state index contributed by atoms with van der Waals surface area (Å²) in [5.41, 5.74) is 6.15. The predicted octanol–water partition coefficient (Wildman–Crippen LogP) is 10.4. The first-order chi connectivity index (χ1) is 20.1. The van der Waals surface area contributed by atoms with Gasteiger partial charge in [0.05, 0.1) is 23.3 Å². The minimum Gasteiger partial charge on any atom is -0.507 e. The van der Waals surface area contributed by atoms with E-state index >= 15 is 0 Å². The van der Waals surface area contributed by atoms with E-state index in [9.17, 15) is 20.7 Å². The molecule has 0 heterocycles. The average molecular weight is 589 g/mol. The summed E-state index contributed by atoms with van der Waals surface area (Å²) in [4.78, 5) is 0. The van der Waals surface area contributed by atoms with Crippen molar-refractivity contribution in [3.8, 4) is 23.6 Å². The van der Waals surface area contributed by atoms with Crippen LogP contribution in [0.4, 0.5) is 0 Å². The maximum Gasteiger partial charge on any atom is 0.123 e. The van der Waals surface area contributed by atoms with Crippen molar-refractivity contribution in [2.75, 3.05) is 0 Å². The first-order valence-corrected chi connectivity index (χ1v) is 15.2. The largest absolute Gasteiger partial charge is 0.507 e. The molecule has 44 heavy (non-hydrogen) atoms. The van der Waals surface area contributed by atoms with Crippen LogP contribution >= 0.6 is 0 Å². The van der Waals surface area contributed by atoms with Gasteiger partial charge in [0, 0.05) is 22.3 Å². The molecule has 0 fully saturated rings. The molecule has 0 saturated carbocycles. The van der Waals surface area contributed by atoms with Crippen LogP contribution in [0.3, 0.4) is 0 Å². The molecule has 0 aliphatic rings. The molecule has 0 bridgehead atoms. The Bertz CT molecular complexity index is 1520. The fourth-order valence-electron chi connectivity index (χ4n) is 5.32. The molecule has 4 heteroatoms. The molecule has 0 amide bonds. The number of nitriles is 2. The Balaban J connectivity index is 2.19. The minimum absolute atomic E-state index is 0.291. The Morgan fingerprint density at radius 3 is 1.02 bits per heavy atom. The van der Waals surface area contributed by atoms with Gasteiger partial charge in [-0.05, 0) is 86.4 Å². The molecule has 0 aliphatic carbocycles. The fourth-order valence-corrected chi connectivity index (χ4v) is 5.32. The van der Waals surface area contributed by atoms with Crippen LogP contribution in [-0.2, 0) is 21.7 Å². The van der Waals surface area contributed by atoms with E-state index in [1.807, 2.05) is 60.7 Å². The topological polar surface area (TPSA) is 88.0 Å². The lowest BCUT2D eigenvalue weighted by molar-refractivity contribution is 0.422. The summed E-state index contributed by atoms with van der Waals surface area (Å²) in [6.45, 7) is 24.8. The van der Waals surface area contributed by atoms with Crippen molar-refractivity contribution in [3.05, 3.63) is 93.0 Å². The maximum atomic E-state index is 11.1. The molecule has 2 N–H and O–H groups in total. The zero-order valence-electron chi connectivity index (χ0n) is 28.6. The van der Waals surface area contributed by atoms with E-state index in [2.05, 4.69) is 95.2 Å². The Kier molecular flexibility index (Phi) is 9.34. The summed E-state index contributed by atoms with van der Waals surface area (Å²) < 4.78 is 0. The van der Waals surface area contributed by atoms with Crippen molar-refractivity contribution in [3.63, 3.8) is 0 Å². The average Bonchev–Trinajstić information content (AvgIpc) is 2.89. The van der Waals surface area contributed by atoms with E-state index < -0.39 is 0 Å². The normalized spacial score (nSPS) is 13.4. The highest BCUT2D eigenvalue weighted by atomic mass is 16.3. The lowest BCUT2D eigenvalue weighted by Gasteiger charge is -2.28.